The highest BCUT2D eigenvalue weighted by atomic mass is 35.5. The molecule has 18 heteroatoms. The smallest absolute Gasteiger partial charge is 0.397 e. The molecule has 0 aliphatic carbocycles. The van der Waals surface area contributed by atoms with Gasteiger partial charge in [0.25, 0.3) is 11.8 Å². The Balaban J connectivity index is 1.13. The van der Waals surface area contributed by atoms with Crippen LogP contribution < -0.4 is 11.1 Å². The summed E-state index contributed by atoms with van der Waals surface area (Å²) in [5, 5.41) is 19.2. The lowest BCUT2D eigenvalue weighted by Crippen LogP contribution is -2.58. The summed E-state index contributed by atoms with van der Waals surface area (Å²) in [5.74, 6) is -1.85. The zero-order valence-corrected chi connectivity index (χ0v) is 28.8. The minimum Gasteiger partial charge on any atom is -0.397 e. The number of likely N-dealkylation sites (tertiary alicyclic amines) is 1. The molecule has 5 N–H and O–H groups in total. The van der Waals surface area contributed by atoms with Gasteiger partial charge in [-0.1, -0.05) is 11.6 Å². The number of hydrogen-bond acceptors (Lipinski definition) is 8. The molecule has 3 aromatic heterocycles. The Morgan fingerprint density at radius 1 is 1.06 bits per heavy atom. The van der Waals surface area contributed by atoms with E-state index in [9.17, 15) is 32.7 Å². The number of quaternary nitrogens is 1. The fourth-order valence-corrected chi connectivity index (χ4v) is 6.82. The van der Waals surface area contributed by atoms with Gasteiger partial charge in [0.05, 0.1) is 72.2 Å². The van der Waals surface area contributed by atoms with Crippen LogP contribution in [0, 0.1) is 5.92 Å². The van der Waals surface area contributed by atoms with Gasteiger partial charge in [-0.2, -0.15) is 18.3 Å². The summed E-state index contributed by atoms with van der Waals surface area (Å²) in [7, 11) is 5.44. The van der Waals surface area contributed by atoms with Crippen molar-refractivity contribution in [2.75, 3.05) is 64.4 Å². The average Bonchev–Trinajstić information content (AvgIpc) is 3.68. The van der Waals surface area contributed by atoms with Crippen LogP contribution in [0.4, 0.5) is 24.5 Å². The molecule has 0 radical (unpaired) electrons. The monoisotopic (exact) mass is 729 g/mol. The second kappa shape index (κ2) is 13.6. The predicted octanol–water partition coefficient (Wildman–Crippen LogP) is 3.12. The molecule has 2 unspecified atom stereocenters. The first-order chi connectivity index (χ1) is 24.0. The minimum atomic E-state index is -4.81. The SMILES string of the molecule is Cn1c(-c2c(-c3ccc(N)cn3)n[nH]c2C(F)(F)F)cnc1C(=O)Nc1ccc(C(=O)N2CCN(C(=O)C3CC[N+](C)(C)CC3O)CC2)c(Cl)c1. The van der Waals surface area contributed by atoms with Gasteiger partial charge in [0, 0.05) is 45.3 Å². The Hall–Kier alpha value is -5.00. The van der Waals surface area contributed by atoms with Crippen molar-refractivity contribution in [1.29, 1.82) is 0 Å². The van der Waals surface area contributed by atoms with Crippen molar-refractivity contribution in [3.63, 3.8) is 0 Å². The molecule has 2 fully saturated rings. The van der Waals surface area contributed by atoms with E-state index in [1.165, 1.54) is 48.1 Å². The summed E-state index contributed by atoms with van der Waals surface area (Å²) >= 11 is 6.50. The number of hydrogen-bond donors (Lipinski definition) is 4. The number of piperazine rings is 1. The Kier molecular flexibility index (Phi) is 9.56. The number of aliphatic hydroxyl groups excluding tert-OH is 1. The van der Waals surface area contributed by atoms with E-state index in [2.05, 4.69) is 20.4 Å². The molecule has 1 aromatic carbocycles. The molecule has 4 aromatic rings. The molecule has 51 heavy (non-hydrogen) atoms. The third-order valence-corrected chi connectivity index (χ3v) is 9.68. The van der Waals surface area contributed by atoms with Crippen molar-refractivity contribution in [2.45, 2.75) is 18.7 Å². The largest absolute Gasteiger partial charge is 0.433 e. The molecule has 0 saturated carbocycles. The van der Waals surface area contributed by atoms with Crippen LogP contribution in [0.5, 0.6) is 0 Å². The lowest BCUT2D eigenvalue weighted by molar-refractivity contribution is -0.899. The predicted molar refractivity (Wildman–Crippen MR) is 181 cm³/mol. The number of anilines is 2. The van der Waals surface area contributed by atoms with Gasteiger partial charge in [-0.05, 0) is 30.3 Å². The highest BCUT2D eigenvalue weighted by Gasteiger charge is 2.41. The fraction of sp³-hybridized carbons (Fsp3) is 0.394. The van der Waals surface area contributed by atoms with E-state index in [4.69, 9.17) is 17.3 Å². The highest BCUT2D eigenvalue weighted by molar-refractivity contribution is 6.34. The number of rotatable bonds is 6. The number of carbonyl (C=O) groups is 3. The molecular weight excluding hydrogens is 693 g/mol. The molecular formula is C33H37ClF3N10O4+. The van der Waals surface area contributed by atoms with Crippen molar-refractivity contribution >= 4 is 40.7 Å². The Labute approximate surface area is 295 Å². The van der Waals surface area contributed by atoms with Crippen molar-refractivity contribution in [3.8, 4) is 22.6 Å². The van der Waals surface area contributed by atoms with Gasteiger partial charge in [0.1, 0.15) is 24.0 Å². The van der Waals surface area contributed by atoms with Gasteiger partial charge in [-0.25, -0.2) is 4.98 Å². The molecule has 2 aliphatic rings. The lowest BCUT2D eigenvalue weighted by atomic mass is 9.91. The van der Waals surface area contributed by atoms with Crippen LogP contribution in [0.15, 0.2) is 42.7 Å². The number of likely N-dealkylation sites (N-methyl/N-ethyl adjacent to an activating group) is 1. The summed E-state index contributed by atoms with van der Waals surface area (Å²) in [6.45, 7) is 2.52. The van der Waals surface area contributed by atoms with E-state index in [-0.39, 0.29) is 69.6 Å². The summed E-state index contributed by atoms with van der Waals surface area (Å²) in [6, 6.07) is 7.25. The van der Waals surface area contributed by atoms with Gasteiger partial charge in [-0.15, -0.1) is 0 Å². The number of nitrogens with zero attached hydrogens (tertiary/aromatic N) is 7. The van der Waals surface area contributed by atoms with E-state index in [1.807, 2.05) is 19.2 Å². The number of aromatic amines is 1. The number of amides is 3. The number of carbonyl (C=O) groups excluding carboxylic acids is 3. The number of aliphatic hydroxyl groups is 1. The number of nitrogens with one attached hydrogen (secondary N) is 2. The molecule has 6 rings (SSSR count). The number of nitrogen functional groups attached to an aromatic ring is 1. The van der Waals surface area contributed by atoms with Gasteiger partial charge < -0.3 is 35.0 Å². The lowest BCUT2D eigenvalue weighted by Gasteiger charge is -2.42. The minimum absolute atomic E-state index is 0.0475. The summed E-state index contributed by atoms with van der Waals surface area (Å²) in [6.07, 6.45) is -2.51. The van der Waals surface area contributed by atoms with Gasteiger partial charge in [0.2, 0.25) is 5.91 Å². The average molecular weight is 730 g/mol. The Bertz CT molecular complexity index is 1970. The van der Waals surface area contributed by atoms with Gasteiger partial charge in [0.15, 0.2) is 5.82 Å². The number of nitrogens with two attached hydrogens (primary N) is 1. The topological polar surface area (TPSA) is 175 Å². The third-order valence-electron chi connectivity index (χ3n) is 9.37. The first-order valence-corrected chi connectivity index (χ1v) is 16.5. The number of benzene rings is 1. The standard InChI is InChI=1S/C33H36ClF3N10O4/c1-44-24(26-27(23-7-4-18(38)15-39-23)42-43-28(26)33(35,36)37)16-40-29(44)30(49)41-19-5-6-20(22(34)14-19)31(50)45-9-11-46(12-10-45)32(51)21-8-13-47(2,3)17-25(21)48/h4-7,14-16,21,25,48H,8-13,17H2,1-3H3,(H3-,38,39,40,41,42,43,49,50)/p+1. The third kappa shape index (κ3) is 7.27. The zero-order chi connectivity index (χ0) is 36.8. The molecule has 14 nitrogen and oxygen atoms in total. The Morgan fingerprint density at radius 3 is 2.39 bits per heavy atom. The summed E-state index contributed by atoms with van der Waals surface area (Å²) in [5.41, 5.74) is 4.90. The molecule has 270 valence electrons. The summed E-state index contributed by atoms with van der Waals surface area (Å²) in [4.78, 5) is 51.3. The second-order valence-electron chi connectivity index (χ2n) is 13.4. The van der Waals surface area contributed by atoms with Crippen molar-refractivity contribution in [1.82, 2.24) is 34.5 Å². The quantitative estimate of drug-likeness (QED) is 0.219. The van der Waals surface area contributed by atoms with E-state index in [0.717, 1.165) is 12.7 Å². The maximum Gasteiger partial charge on any atom is 0.433 e. The van der Waals surface area contributed by atoms with Crippen LogP contribution in [-0.4, -0.2) is 121 Å². The first kappa shape index (κ1) is 35.8. The number of piperidine rings is 1. The maximum absolute atomic E-state index is 14.0. The van der Waals surface area contributed by atoms with E-state index >= 15 is 0 Å². The second-order valence-corrected chi connectivity index (χ2v) is 13.8. The number of H-pyrrole nitrogens is 1. The molecule has 0 bridgehead atoms. The van der Waals surface area contributed by atoms with Gasteiger partial charge >= 0.3 is 6.18 Å². The fourth-order valence-electron chi connectivity index (χ4n) is 6.56. The zero-order valence-electron chi connectivity index (χ0n) is 28.0. The number of aromatic nitrogens is 5. The molecule has 0 spiro atoms. The van der Waals surface area contributed by atoms with E-state index in [1.54, 1.807) is 9.80 Å². The van der Waals surface area contributed by atoms with Gasteiger partial charge in [-0.3, -0.25) is 24.5 Å². The van der Waals surface area contributed by atoms with Crippen molar-refractivity contribution in [3.05, 3.63) is 64.8 Å². The molecule has 3 amide bonds. The molecule has 5 heterocycles. The first-order valence-electron chi connectivity index (χ1n) is 16.1. The van der Waals surface area contributed by atoms with Crippen LogP contribution >= 0.6 is 11.6 Å². The number of imidazole rings is 1. The van der Waals surface area contributed by atoms with E-state index < -0.39 is 29.8 Å². The van der Waals surface area contributed by atoms with Crippen LogP contribution in [-0.2, 0) is 18.0 Å². The molecule has 2 atom stereocenters. The van der Waals surface area contributed by atoms with Crippen molar-refractivity contribution < 1.29 is 37.1 Å². The van der Waals surface area contributed by atoms with Crippen LogP contribution in [0.1, 0.15) is 33.1 Å². The number of alkyl halides is 3. The summed E-state index contributed by atoms with van der Waals surface area (Å²) < 4.78 is 43.9. The normalized spacial score (nSPS) is 19.2. The van der Waals surface area contributed by atoms with Crippen LogP contribution in [0.3, 0.4) is 0 Å². The highest BCUT2D eigenvalue weighted by Crippen LogP contribution is 2.41. The maximum atomic E-state index is 14.0. The number of pyridine rings is 1. The Morgan fingerprint density at radius 2 is 1.76 bits per heavy atom. The van der Waals surface area contributed by atoms with E-state index in [0.29, 0.717) is 36.2 Å². The molecule has 2 saturated heterocycles. The van der Waals surface area contributed by atoms with Crippen LogP contribution in [0.25, 0.3) is 22.6 Å². The number of halogens is 4. The van der Waals surface area contributed by atoms with Crippen molar-refractivity contribution in [2.24, 2.45) is 13.0 Å². The molecule has 2 aliphatic heterocycles. The van der Waals surface area contributed by atoms with Crippen LogP contribution in [0.2, 0.25) is 5.02 Å².